The second kappa shape index (κ2) is 13.4. The van der Waals surface area contributed by atoms with Crippen molar-refractivity contribution in [3.63, 3.8) is 0 Å². The number of benzene rings is 2. The van der Waals surface area contributed by atoms with Crippen LogP contribution in [0.1, 0.15) is 61.3 Å². The summed E-state index contributed by atoms with van der Waals surface area (Å²) in [7, 11) is 1.57. The predicted octanol–water partition coefficient (Wildman–Crippen LogP) is 5.67. The third kappa shape index (κ3) is 7.46. The molecule has 0 unspecified atom stereocenters. The average molecular weight is 574 g/mol. The van der Waals surface area contributed by atoms with Gasteiger partial charge in [0, 0.05) is 26.2 Å². The van der Waals surface area contributed by atoms with Crippen LogP contribution in [0.25, 0.3) is 0 Å². The third-order valence-electron chi connectivity index (χ3n) is 7.67. The Morgan fingerprint density at radius 2 is 1.95 bits per heavy atom. The first kappa shape index (κ1) is 29.7. The SMILES string of the molecule is Cc1cc(CN(CC2CCCCC2)[C@H](CC(=O)O)c2ccc(Cl)c(F)c2)ccc1OCCn1c(O)cn(C)c1=O. The van der Waals surface area contributed by atoms with Gasteiger partial charge in [0.05, 0.1) is 24.2 Å². The van der Waals surface area contributed by atoms with Gasteiger partial charge in [-0.05, 0) is 60.6 Å². The maximum Gasteiger partial charge on any atom is 0.330 e. The molecule has 1 aliphatic rings. The number of nitrogens with zero attached hydrogens (tertiary/aromatic N) is 3. The lowest BCUT2D eigenvalue weighted by Crippen LogP contribution is -2.35. The van der Waals surface area contributed by atoms with Gasteiger partial charge in [-0.3, -0.25) is 18.8 Å². The summed E-state index contributed by atoms with van der Waals surface area (Å²) in [6.45, 7) is 3.55. The van der Waals surface area contributed by atoms with E-state index in [2.05, 4.69) is 4.90 Å². The van der Waals surface area contributed by atoms with Crippen molar-refractivity contribution in [2.45, 2.75) is 64.6 Å². The fraction of sp³-hybridized carbons (Fsp3) is 0.467. The number of aromatic hydroxyl groups is 1. The number of carbonyl (C=O) groups is 1. The summed E-state index contributed by atoms with van der Waals surface area (Å²) in [4.78, 5) is 26.2. The zero-order valence-electron chi connectivity index (χ0n) is 23.0. The van der Waals surface area contributed by atoms with E-state index in [1.165, 1.54) is 33.9 Å². The van der Waals surface area contributed by atoms with Gasteiger partial charge in [0.1, 0.15) is 18.2 Å². The van der Waals surface area contributed by atoms with E-state index in [1.54, 1.807) is 13.1 Å². The molecule has 1 fully saturated rings. The minimum atomic E-state index is -0.947. The first-order valence-electron chi connectivity index (χ1n) is 13.7. The highest BCUT2D eigenvalue weighted by Crippen LogP contribution is 2.33. The van der Waals surface area contributed by atoms with Crippen molar-refractivity contribution in [3.05, 3.63) is 80.6 Å². The smallest absolute Gasteiger partial charge is 0.330 e. The lowest BCUT2D eigenvalue weighted by Gasteiger charge is -2.35. The fourth-order valence-electron chi connectivity index (χ4n) is 5.60. The van der Waals surface area contributed by atoms with Gasteiger partial charge in [-0.15, -0.1) is 0 Å². The Kier molecular flexibility index (Phi) is 9.92. The molecule has 2 N–H and O–H groups in total. The molecule has 216 valence electrons. The summed E-state index contributed by atoms with van der Waals surface area (Å²) >= 11 is 5.93. The number of rotatable bonds is 12. The van der Waals surface area contributed by atoms with Gasteiger partial charge in [0.15, 0.2) is 0 Å². The van der Waals surface area contributed by atoms with Gasteiger partial charge in [-0.1, -0.05) is 49.1 Å². The number of imidazole rings is 1. The predicted molar refractivity (Wildman–Crippen MR) is 151 cm³/mol. The third-order valence-corrected chi connectivity index (χ3v) is 7.98. The Morgan fingerprint density at radius 3 is 2.58 bits per heavy atom. The quantitative estimate of drug-likeness (QED) is 0.290. The molecular formula is C30H37ClFN3O5. The van der Waals surface area contributed by atoms with Gasteiger partial charge < -0.3 is 14.9 Å². The molecule has 1 heterocycles. The molecule has 0 saturated heterocycles. The van der Waals surface area contributed by atoms with Crippen LogP contribution in [0.15, 0.2) is 47.4 Å². The lowest BCUT2D eigenvalue weighted by molar-refractivity contribution is -0.138. The van der Waals surface area contributed by atoms with Crippen LogP contribution in [0.2, 0.25) is 5.02 Å². The standard InChI is InChI=1S/C30H37ClFN3O5/c1-20-14-22(8-11-27(20)40-13-12-35-28(36)19-33(2)30(35)39)18-34(17-21-6-4-3-5-7-21)26(16-29(37)38)23-9-10-24(31)25(32)15-23/h8-11,14-15,19,21,26,36H,3-7,12-13,16-18H2,1-2H3,(H,37,38)/t26-/m1/s1. The Morgan fingerprint density at radius 1 is 1.20 bits per heavy atom. The molecule has 10 heteroatoms. The van der Waals surface area contributed by atoms with Crippen LogP contribution < -0.4 is 10.4 Å². The van der Waals surface area contributed by atoms with E-state index in [-0.39, 0.29) is 36.2 Å². The van der Waals surface area contributed by atoms with Crippen molar-refractivity contribution in [2.75, 3.05) is 13.2 Å². The molecule has 3 aromatic rings. The van der Waals surface area contributed by atoms with Crippen molar-refractivity contribution in [3.8, 4) is 11.6 Å². The first-order chi connectivity index (χ1) is 19.1. The van der Waals surface area contributed by atoms with E-state index in [0.717, 1.165) is 43.4 Å². The van der Waals surface area contributed by atoms with Gasteiger partial charge in [0.2, 0.25) is 5.88 Å². The summed E-state index contributed by atoms with van der Waals surface area (Å²) in [6, 6.07) is 9.86. The minimum absolute atomic E-state index is 0.00946. The topological polar surface area (TPSA) is 96.9 Å². The maximum atomic E-state index is 14.4. The Labute approximate surface area is 238 Å². The van der Waals surface area contributed by atoms with Crippen LogP contribution in [0.5, 0.6) is 11.6 Å². The van der Waals surface area contributed by atoms with Crippen molar-refractivity contribution < 1.29 is 24.1 Å². The highest BCUT2D eigenvalue weighted by molar-refractivity contribution is 6.30. The molecule has 2 aromatic carbocycles. The largest absolute Gasteiger partial charge is 0.493 e. The molecule has 0 bridgehead atoms. The number of aryl methyl sites for hydroxylation is 2. The molecule has 1 saturated carbocycles. The van der Waals surface area contributed by atoms with Crippen LogP contribution in [-0.2, 0) is 24.9 Å². The summed E-state index contributed by atoms with van der Waals surface area (Å²) < 4.78 is 22.9. The molecule has 0 spiro atoms. The Bertz CT molecular complexity index is 1380. The van der Waals surface area contributed by atoms with Gasteiger partial charge in [-0.2, -0.15) is 0 Å². The normalized spacial score (nSPS) is 14.9. The number of ether oxygens (including phenoxy) is 1. The zero-order valence-corrected chi connectivity index (χ0v) is 23.7. The lowest BCUT2D eigenvalue weighted by atomic mass is 9.88. The van der Waals surface area contributed by atoms with Crippen LogP contribution in [0.4, 0.5) is 4.39 Å². The summed E-state index contributed by atoms with van der Waals surface area (Å²) in [5, 5.41) is 19.7. The molecule has 1 aliphatic carbocycles. The van der Waals surface area contributed by atoms with E-state index in [9.17, 15) is 24.2 Å². The molecule has 1 atom stereocenters. The summed E-state index contributed by atoms with van der Waals surface area (Å²) in [5.74, 6) is -0.512. The van der Waals surface area contributed by atoms with Crippen LogP contribution >= 0.6 is 11.6 Å². The van der Waals surface area contributed by atoms with E-state index in [4.69, 9.17) is 16.3 Å². The number of aliphatic carboxylic acids is 1. The fourth-order valence-corrected chi connectivity index (χ4v) is 5.71. The number of halogens is 2. The Balaban J connectivity index is 1.53. The number of carboxylic acid groups (broad SMARTS) is 1. The van der Waals surface area contributed by atoms with Crippen LogP contribution in [-0.4, -0.2) is 43.4 Å². The van der Waals surface area contributed by atoms with E-state index >= 15 is 0 Å². The van der Waals surface area contributed by atoms with Crippen LogP contribution in [0.3, 0.4) is 0 Å². The number of hydrogen-bond acceptors (Lipinski definition) is 5. The van der Waals surface area contributed by atoms with Gasteiger partial charge in [0.25, 0.3) is 0 Å². The Hall–Kier alpha value is -3.30. The number of hydrogen-bond donors (Lipinski definition) is 2. The molecule has 1 aromatic heterocycles. The van der Waals surface area contributed by atoms with Crippen LogP contribution in [0, 0.1) is 18.7 Å². The number of carboxylic acids is 1. The molecule has 0 aliphatic heterocycles. The van der Waals surface area contributed by atoms with Crippen molar-refractivity contribution in [1.82, 2.24) is 14.0 Å². The molecular weight excluding hydrogens is 537 g/mol. The van der Waals surface area contributed by atoms with E-state index in [0.29, 0.717) is 23.8 Å². The molecule has 8 nitrogen and oxygen atoms in total. The van der Waals surface area contributed by atoms with Gasteiger partial charge >= 0.3 is 11.7 Å². The highest BCUT2D eigenvalue weighted by atomic mass is 35.5. The minimum Gasteiger partial charge on any atom is -0.493 e. The van der Waals surface area contributed by atoms with Gasteiger partial charge in [-0.25, -0.2) is 9.18 Å². The van der Waals surface area contributed by atoms with Crippen molar-refractivity contribution in [1.29, 1.82) is 0 Å². The molecule has 4 rings (SSSR count). The maximum absolute atomic E-state index is 14.4. The highest BCUT2D eigenvalue weighted by Gasteiger charge is 2.27. The first-order valence-corrected chi connectivity index (χ1v) is 14.1. The average Bonchev–Trinajstić information content (AvgIpc) is 3.16. The van der Waals surface area contributed by atoms with Crippen molar-refractivity contribution >= 4 is 17.6 Å². The van der Waals surface area contributed by atoms with E-state index in [1.807, 2.05) is 25.1 Å². The molecule has 40 heavy (non-hydrogen) atoms. The van der Waals surface area contributed by atoms with E-state index < -0.39 is 17.8 Å². The number of aromatic nitrogens is 2. The summed E-state index contributed by atoms with van der Waals surface area (Å²) in [5.41, 5.74) is 2.16. The summed E-state index contributed by atoms with van der Waals surface area (Å²) in [6.07, 6.45) is 6.94. The second-order valence-corrected chi connectivity index (χ2v) is 11.1. The monoisotopic (exact) mass is 573 g/mol. The second-order valence-electron chi connectivity index (χ2n) is 10.7. The molecule has 0 radical (unpaired) electrons. The van der Waals surface area contributed by atoms with Crippen molar-refractivity contribution in [2.24, 2.45) is 13.0 Å². The molecule has 0 amide bonds. The zero-order chi connectivity index (χ0) is 28.8.